The maximum Gasteiger partial charge on any atom is 0.410 e. The fraction of sp³-hybridized carbons (Fsp3) is 0.938. The van der Waals surface area contributed by atoms with E-state index in [1.54, 1.807) is 0 Å². The topological polar surface area (TPSA) is 53.6 Å². The van der Waals surface area contributed by atoms with Gasteiger partial charge in [0.1, 0.15) is 5.60 Å². The van der Waals surface area contributed by atoms with Gasteiger partial charge in [0.25, 0.3) is 0 Å². The zero-order valence-electron chi connectivity index (χ0n) is 13.5. The number of likely N-dealkylation sites (tertiary alicyclic amines) is 1. The number of carbonyl (C=O) groups excluding carboxylic acids is 1. The molecule has 3 rings (SSSR count). The van der Waals surface area contributed by atoms with Gasteiger partial charge in [-0.1, -0.05) is 0 Å². The highest BCUT2D eigenvalue weighted by Gasteiger charge is 2.57. The highest BCUT2D eigenvalue weighted by molar-refractivity contribution is 5.69. The third kappa shape index (κ3) is 3.69. The molecule has 21 heavy (non-hydrogen) atoms. The Balaban J connectivity index is 1.37. The van der Waals surface area contributed by atoms with E-state index in [1.165, 1.54) is 19.4 Å². The summed E-state index contributed by atoms with van der Waals surface area (Å²) in [6.45, 7) is 10.9. The molecule has 0 aromatic rings. The van der Waals surface area contributed by atoms with Gasteiger partial charge in [0.2, 0.25) is 0 Å². The van der Waals surface area contributed by atoms with E-state index >= 15 is 0 Å². The van der Waals surface area contributed by atoms with Crippen molar-refractivity contribution in [3.8, 4) is 0 Å². The number of carbonyl (C=O) groups is 1. The maximum atomic E-state index is 12.0. The Morgan fingerprint density at radius 2 is 2.05 bits per heavy atom. The highest BCUT2D eigenvalue weighted by atomic mass is 16.6. The molecule has 1 amide bonds. The molecule has 3 fully saturated rings. The average molecular weight is 295 g/mol. The second-order valence-electron chi connectivity index (χ2n) is 7.86. The van der Waals surface area contributed by atoms with Crippen molar-refractivity contribution in [1.82, 2.24) is 15.5 Å². The summed E-state index contributed by atoms with van der Waals surface area (Å²) >= 11 is 0. The molecule has 0 radical (unpaired) electrons. The second kappa shape index (κ2) is 5.76. The van der Waals surface area contributed by atoms with Gasteiger partial charge in [0.15, 0.2) is 0 Å². The van der Waals surface area contributed by atoms with Crippen molar-refractivity contribution >= 4 is 6.09 Å². The first-order valence-electron chi connectivity index (χ1n) is 8.36. The van der Waals surface area contributed by atoms with Crippen molar-refractivity contribution < 1.29 is 9.53 Å². The van der Waals surface area contributed by atoms with Crippen LogP contribution < -0.4 is 10.6 Å². The minimum atomic E-state index is -0.393. The molecule has 0 spiro atoms. The zero-order valence-corrected chi connectivity index (χ0v) is 13.5. The lowest BCUT2D eigenvalue weighted by molar-refractivity contribution is 0.0269. The number of hydrogen-bond acceptors (Lipinski definition) is 4. The standard InChI is InChI=1S/C16H29N3O2/c1-16(2,3)21-15(20)19-9-12-13(10-19)14(12)18-8-11-5-4-6-17-7-11/h11-14,17-18H,4-10H2,1-3H3. The monoisotopic (exact) mass is 295 g/mol. The van der Waals surface area contributed by atoms with Crippen LogP contribution in [0, 0.1) is 17.8 Å². The number of nitrogens with zero attached hydrogens (tertiary/aromatic N) is 1. The van der Waals surface area contributed by atoms with E-state index in [-0.39, 0.29) is 6.09 Å². The summed E-state index contributed by atoms with van der Waals surface area (Å²) in [6.07, 6.45) is 2.49. The van der Waals surface area contributed by atoms with Gasteiger partial charge in [0.05, 0.1) is 0 Å². The van der Waals surface area contributed by atoms with Gasteiger partial charge in [-0.05, 0) is 71.0 Å². The summed E-state index contributed by atoms with van der Waals surface area (Å²) in [5.41, 5.74) is -0.393. The third-order valence-electron chi connectivity index (χ3n) is 4.89. The Kier molecular flexibility index (Phi) is 4.14. The number of amides is 1. The van der Waals surface area contributed by atoms with Crippen LogP contribution in [0.1, 0.15) is 33.6 Å². The molecule has 0 aromatic heterocycles. The molecule has 0 aromatic carbocycles. The van der Waals surface area contributed by atoms with E-state index < -0.39 is 5.60 Å². The van der Waals surface area contributed by atoms with Crippen molar-refractivity contribution in [3.05, 3.63) is 0 Å². The minimum Gasteiger partial charge on any atom is -0.444 e. The Morgan fingerprint density at radius 3 is 2.62 bits per heavy atom. The summed E-state index contributed by atoms with van der Waals surface area (Å²) < 4.78 is 5.44. The number of rotatable bonds is 3. The molecule has 2 saturated heterocycles. The van der Waals surface area contributed by atoms with Crippen LogP contribution in [0.4, 0.5) is 4.79 Å². The molecular formula is C16H29N3O2. The molecule has 3 atom stereocenters. The van der Waals surface area contributed by atoms with Gasteiger partial charge >= 0.3 is 6.09 Å². The fourth-order valence-corrected chi connectivity index (χ4v) is 3.71. The SMILES string of the molecule is CC(C)(C)OC(=O)N1CC2C(C1)C2NCC1CCCNC1. The van der Waals surface area contributed by atoms with Crippen LogP contribution in [0.5, 0.6) is 0 Å². The lowest BCUT2D eigenvalue weighted by Gasteiger charge is -2.27. The zero-order chi connectivity index (χ0) is 15.0. The smallest absolute Gasteiger partial charge is 0.410 e. The Hall–Kier alpha value is -0.810. The quantitative estimate of drug-likeness (QED) is 0.827. The van der Waals surface area contributed by atoms with Crippen LogP contribution in [0.3, 0.4) is 0 Å². The number of ether oxygens (including phenoxy) is 1. The van der Waals surface area contributed by atoms with Crippen LogP contribution in [0.25, 0.3) is 0 Å². The molecule has 0 bridgehead atoms. The van der Waals surface area contributed by atoms with Gasteiger partial charge in [-0.3, -0.25) is 0 Å². The molecule has 2 N–H and O–H groups in total. The van der Waals surface area contributed by atoms with E-state index in [9.17, 15) is 4.79 Å². The van der Waals surface area contributed by atoms with E-state index in [0.717, 1.165) is 32.1 Å². The first-order chi connectivity index (χ1) is 9.94. The summed E-state index contributed by atoms with van der Waals surface area (Å²) in [7, 11) is 0. The first-order valence-corrected chi connectivity index (χ1v) is 8.36. The molecule has 1 aliphatic carbocycles. The Bertz CT molecular complexity index is 375. The Morgan fingerprint density at radius 1 is 1.33 bits per heavy atom. The van der Waals surface area contributed by atoms with Crippen LogP contribution in [0.2, 0.25) is 0 Å². The van der Waals surface area contributed by atoms with Gasteiger partial charge in [-0.2, -0.15) is 0 Å². The highest BCUT2D eigenvalue weighted by Crippen LogP contribution is 2.45. The van der Waals surface area contributed by atoms with E-state index in [0.29, 0.717) is 17.9 Å². The third-order valence-corrected chi connectivity index (χ3v) is 4.89. The van der Waals surface area contributed by atoms with E-state index in [2.05, 4.69) is 10.6 Å². The number of piperidine rings is 2. The normalized spacial score (nSPS) is 35.5. The predicted molar refractivity (Wildman–Crippen MR) is 82.2 cm³/mol. The van der Waals surface area contributed by atoms with E-state index in [4.69, 9.17) is 4.74 Å². The largest absolute Gasteiger partial charge is 0.444 e. The van der Waals surface area contributed by atoms with Crippen molar-refractivity contribution in [2.24, 2.45) is 17.8 Å². The van der Waals surface area contributed by atoms with Gasteiger partial charge in [-0.25, -0.2) is 4.79 Å². The second-order valence-corrected chi connectivity index (χ2v) is 7.86. The summed E-state index contributed by atoms with van der Waals surface area (Å²) in [5.74, 6) is 2.07. The van der Waals surface area contributed by atoms with Crippen LogP contribution in [0.15, 0.2) is 0 Å². The first kappa shape index (κ1) is 15.1. The van der Waals surface area contributed by atoms with Gasteiger partial charge in [-0.15, -0.1) is 0 Å². The van der Waals surface area contributed by atoms with Crippen molar-refractivity contribution in [2.45, 2.75) is 45.3 Å². The van der Waals surface area contributed by atoms with Crippen molar-refractivity contribution in [3.63, 3.8) is 0 Å². The average Bonchev–Trinajstić information content (AvgIpc) is 2.87. The molecule has 1 saturated carbocycles. The lowest BCUT2D eigenvalue weighted by Crippen LogP contribution is -2.41. The summed E-state index contributed by atoms with van der Waals surface area (Å²) in [4.78, 5) is 13.9. The number of fused-ring (bicyclic) bond motifs is 1. The fourth-order valence-electron chi connectivity index (χ4n) is 3.71. The van der Waals surface area contributed by atoms with Crippen LogP contribution >= 0.6 is 0 Å². The molecule has 5 nitrogen and oxygen atoms in total. The predicted octanol–water partition coefficient (Wildman–Crippen LogP) is 1.44. The van der Waals surface area contributed by atoms with Gasteiger partial charge in [0, 0.05) is 19.1 Å². The molecule has 2 aliphatic heterocycles. The lowest BCUT2D eigenvalue weighted by atomic mass is 10.00. The minimum absolute atomic E-state index is 0.148. The molecular weight excluding hydrogens is 266 g/mol. The van der Waals surface area contributed by atoms with Crippen molar-refractivity contribution in [1.29, 1.82) is 0 Å². The Labute approximate surface area is 127 Å². The van der Waals surface area contributed by atoms with Crippen molar-refractivity contribution in [2.75, 3.05) is 32.7 Å². The van der Waals surface area contributed by atoms with E-state index in [1.807, 2.05) is 25.7 Å². The summed E-state index contributed by atoms with van der Waals surface area (Å²) in [6, 6.07) is 0.630. The van der Waals surface area contributed by atoms with Gasteiger partial charge < -0.3 is 20.3 Å². The molecule has 3 unspecified atom stereocenters. The van der Waals surface area contributed by atoms with Crippen LogP contribution in [-0.2, 0) is 4.74 Å². The summed E-state index contributed by atoms with van der Waals surface area (Å²) in [5, 5.41) is 7.18. The maximum absolute atomic E-state index is 12.0. The number of hydrogen-bond donors (Lipinski definition) is 2. The molecule has 2 heterocycles. The van der Waals surface area contributed by atoms with Crippen LogP contribution in [-0.4, -0.2) is 55.4 Å². The molecule has 5 heteroatoms. The molecule has 3 aliphatic rings. The molecule has 120 valence electrons. The number of nitrogens with one attached hydrogen (secondary N) is 2.